The maximum absolute atomic E-state index is 6.96. The summed E-state index contributed by atoms with van der Waals surface area (Å²) in [6.07, 6.45) is 7.31. The number of nitrogens with one attached hydrogen (secondary N) is 1. The zero-order valence-electron chi connectivity index (χ0n) is 27.2. The molecule has 2 heterocycles. The summed E-state index contributed by atoms with van der Waals surface area (Å²) >= 11 is 0. The van der Waals surface area contributed by atoms with Gasteiger partial charge in [0.2, 0.25) is 0 Å². The summed E-state index contributed by atoms with van der Waals surface area (Å²) in [6.45, 7) is 2.30. The molecule has 1 spiro atoms. The molecule has 4 aliphatic rings. The SMILES string of the molecule is CC12CC=CC=C1NC(c1cccc(-c3cccc4c3Oc3ccccc3C43c4ccccc4-c4ccccc43)c1)N=C2c1ccccc1. The van der Waals surface area contributed by atoms with Crippen molar-refractivity contribution in [3.63, 3.8) is 0 Å². The Balaban J connectivity index is 1.16. The molecule has 10 rings (SSSR count). The standard InChI is InChI=1S/C46H34N2O/c1-45-28-12-11-27-41(45)47-44(48-43(45)30-15-3-2-4-16-30)32-18-13-17-31(29-32)33-21-14-25-39-42(33)49-40-26-10-9-24-38(40)46(39)36-22-7-5-19-34(36)35-20-6-8-23-37(35)46/h2-27,29,44,47H,28H2,1H3. The van der Waals surface area contributed by atoms with Crippen LogP contribution in [0, 0.1) is 5.41 Å². The van der Waals surface area contributed by atoms with Crippen molar-refractivity contribution in [3.05, 3.63) is 203 Å². The van der Waals surface area contributed by atoms with E-state index >= 15 is 0 Å². The minimum absolute atomic E-state index is 0.202. The van der Waals surface area contributed by atoms with E-state index in [0.29, 0.717) is 0 Å². The Morgan fingerprint density at radius 3 is 2.06 bits per heavy atom. The van der Waals surface area contributed by atoms with Gasteiger partial charge in [-0.15, -0.1) is 0 Å². The van der Waals surface area contributed by atoms with Crippen LogP contribution < -0.4 is 10.1 Å². The lowest BCUT2D eigenvalue weighted by atomic mass is 9.65. The summed E-state index contributed by atoms with van der Waals surface area (Å²) in [5.74, 6) is 1.80. The normalized spacial score (nSPS) is 20.4. The van der Waals surface area contributed by atoms with Crippen LogP contribution in [0.3, 0.4) is 0 Å². The average molecular weight is 631 g/mol. The Labute approximate surface area is 287 Å². The first-order valence-electron chi connectivity index (χ1n) is 17.1. The van der Waals surface area contributed by atoms with Crippen molar-refractivity contribution in [1.29, 1.82) is 0 Å². The molecule has 0 radical (unpaired) electrons. The molecule has 0 bridgehead atoms. The second kappa shape index (κ2) is 10.5. The largest absolute Gasteiger partial charge is 0.456 e. The molecule has 0 saturated carbocycles. The van der Waals surface area contributed by atoms with Gasteiger partial charge in [0.05, 0.1) is 16.5 Å². The number of benzene rings is 6. The Morgan fingerprint density at radius 2 is 1.27 bits per heavy atom. The van der Waals surface area contributed by atoms with Gasteiger partial charge >= 0.3 is 0 Å². The van der Waals surface area contributed by atoms with Crippen LogP contribution in [0.4, 0.5) is 0 Å². The number of para-hydroxylation sites is 2. The molecule has 1 N–H and O–H groups in total. The second-order valence-electron chi connectivity index (χ2n) is 13.7. The molecule has 6 aromatic carbocycles. The fourth-order valence-electron chi connectivity index (χ4n) is 8.77. The van der Waals surface area contributed by atoms with E-state index in [-0.39, 0.29) is 11.6 Å². The van der Waals surface area contributed by atoms with Gasteiger partial charge in [-0.05, 0) is 70.5 Å². The molecular weight excluding hydrogens is 597 g/mol. The molecule has 234 valence electrons. The van der Waals surface area contributed by atoms with Crippen LogP contribution in [0.25, 0.3) is 22.3 Å². The van der Waals surface area contributed by atoms with Gasteiger partial charge in [0.15, 0.2) is 0 Å². The number of ether oxygens (including phenoxy) is 1. The number of allylic oxidation sites excluding steroid dienone is 4. The van der Waals surface area contributed by atoms with Crippen molar-refractivity contribution in [2.75, 3.05) is 0 Å². The predicted octanol–water partition coefficient (Wildman–Crippen LogP) is 10.8. The third-order valence-corrected chi connectivity index (χ3v) is 11.0. The quantitative estimate of drug-likeness (QED) is 0.211. The summed E-state index contributed by atoms with van der Waals surface area (Å²) < 4.78 is 6.96. The summed E-state index contributed by atoms with van der Waals surface area (Å²) in [5.41, 5.74) is 13.6. The lowest BCUT2D eigenvalue weighted by Crippen LogP contribution is -2.43. The summed E-state index contributed by atoms with van der Waals surface area (Å²) in [7, 11) is 0. The zero-order valence-corrected chi connectivity index (χ0v) is 27.2. The van der Waals surface area contributed by atoms with Gasteiger partial charge in [-0.3, -0.25) is 4.99 Å². The minimum atomic E-state index is -0.490. The Hall–Kier alpha value is -5.93. The summed E-state index contributed by atoms with van der Waals surface area (Å²) in [5, 5.41) is 3.82. The molecule has 3 heteroatoms. The van der Waals surface area contributed by atoms with Crippen LogP contribution in [0.1, 0.15) is 52.9 Å². The van der Waals surface area contributed by atoms with E-state index < -0.39 is 5.41 Å². The topological polar surface area (TPSA) is 33.6 Å². The highest BCUT2D eigenvalue weighted by Crippen LogP contribution is 2.63. The Kier molecular flexibility index (Phi) is 6.05. The molecule has 0 amide bonds. The fourth-order valence-corrected chi connectivity index (χ4v) is 8.77. The van der Waals surface area contributed by atoms with Crippen LogP contribution in [0.15, 0.2) is 175 Å². The van der Waals surface area contributed by atoms with E-state index in [2.05, 4.69) is 176 Å². The highest BCUT2D eigenvalue weighted by atomic mass is 16.5. The minimum Gasteiger partial charge on any atom is -0.456 e. The third kappa shape index (κ3) is 3.93. The monoisotopic (exact) mass is 630 g/mol. The molecule has 0 saturated heterocycles. The first-order valence-corrected chi connectivity index (χ1v) is 17.1. The molecule has 2 atom stereocenters. The molecule has 49 heavy (non-hydrogen) atoms. The molecular formula is C46H34N2O. The molecule has 3 nitrogen and oxygen atoms in total. The van der Waals surface area contributed by atoms with Crippen molar-refractivity contribution in [2.24, 2.45) is 10.4 Å². The van der Waals surface area contributed by atoms with E-state index in [1.54, 1.807) is 0 Å². The number of hydrogen-bond donors (Lipinski definition) is 1. The smallest absolute Gasteiger partial charge is 0.144 e. The Morgan fingerprint density at radius 1 is 0.633 bits per heavy atom. The zero-order chi connectivity index (χ0) is 32.6. The van der Waals surface area contributed by atoms with Crippen molar-refractivity contribution in [3.8, 4) is 33.8 Å². The number of hydrogen-bond acceptors (Lipinski definition) is 3. The van der Waals surface area contributed by atoms with E-state index in [1.165, 1.54) is 44.6 Å². The fraction of sp³-hybridized carbons (Fsp3) is 0.109. The van der Waals surface area contributed by atoms with Crippen molar-refractivity contribution in [2.45, 2.75) is 24.9 Å². The van der Waals surface area contributed by atoms with Crippen LogP contribution in [-0.4, -0.2) is 5.71 Å². The van der Waals surface area contributed by atoms with E-state index in [9.17, 15) is 0 Å². The van der Waals surface area contributed by atoms with Crippen LogP contribution in [-0.2, 0) is 5.41 Å². The van der Waals surface area contributed by atoms with Crippen LogP contribution in [0.2, 0.25) is 0 Å². The molecule has 0 fully saturated rings. The average Bonchev–Trinajstić information content (AvgIpc) is 3.45. The van der Waals surface area contributed by atoms with Gasteiger partial charge in [0, 0.05) is 22.4 Å². The number of fused-ring (bicyclic) bond motifs is 10. The van der Waals surface area contributed by atoms with Gasteiger partial charge in [-0.25, -0.2) is 0 Å². The van der Waals surface area contributed by atoms with E-state index in [0.717, 1.165) is 40.3 Å². The number of rotatable bonds is 3. The van der Waals surface area contributed by atoms with E-state index in [1.807, 2.05) is 0 Å². The molecule has 0 aromatic heterocycles. The van der Waals surface area contributed by atoms with Crippen LogP contribution in [0.5, 0.6) is 11.5 Å². The lowest BCUT2D eigenvalue weighted by molar-refractivity contribution is 0.437. The second-order valence-corrected chi connectivity index (χ2v) is 13.7. The highest BCUT2D eigenvalue weighted by molar-refractivity contribution is 6.07. The van der Waals surface area contributed by atoms with Gasteiger partial charge < -0.3 is 10.1 Å². The number of nitrogens with zero attached hydrogens (tertiary/aromatic N) is 1. The first kappa shape index (κ1) is 28.1. The molecule has 2 aliphatic carbocycles. The third-order valence-electron chi connectivity index (χ3n) is 11.0. The lowest BCUT2D eigenvalue weighted by Gasteiger charge is -2.41. The Bertz CT molecular complexity index is 2350. The first-order chi connectivity index (χ1) is 24.2. The summed E-state index contributed by atoms with van der Waals surface area (Å²) in [6, 6.07) is 52.4. The van der Waals surface area contributed by atoms with E-state index in [4.69, 9.17) is 9.73 Å². The summed E-state index contributed by atoms with van der Waals surface area (Å²) in [4.78, 5) is 5.44. The van der Waals surface area contributed by atoms with Crippen LogP contribution >= 0.6 is 0 Å². The molecule has 6 aromatic rings. The van der Waals surface area contributed by atoms with Crippen molar-refractivity contribution >= 4 is 5.71 Å². The van der Waals surface area contributed by atoms with Crippen molar-refractivity contribution in [1.82, 2.24) is 5.32 Å². The predicted molar refractivity (Wildman–Crippen MR) is 198 cm³/mol. The van der Waals surface area contributed by atoms with Gasteiger partial charge in [-0.2, -0.15) is 0 Å². The maximum Gasteiger partial charge on any atom is 0.144 e. The van der Waals surface area contributed by atoms with Gasteiger partial charge in [0.25, 0.3) is 0 Å². The number of aliphatic imine (C=N–C) groups is 1. The molecule has 2 unspecified atom stereocenters. The molecule has 2 aliphatic heterocycles. The maximum atomic E-state index is 6.96. The highest BCUT2D eigenvalue weighted by Gasteiger charge is 2.51. The van der Waals surface area contributed by atoms with Gasteiger partial charge in [-0.1, -0.05) is 146 Å². The van der Waals surface area contributed by atoms with Crippen molar-refractivity contribution < 1.29 is 4.74 Å². The van der Waals surface area contributed by atoms with Gasteiger partial charge in [0.1, 0.15) is 17.7 Å².